The molecule has 9 nitrogen and oxygen atoms in total. The molecular weight excluding hydrogens is 282 g/mol. The molecule has 2 rings (SSSR count). The lowest BCUT2D eigenvalue weighted by molar-refractivity contribution is -0.384. The topological polar surface area (TPSA) is 136 Å². The van der Waals surface area contributed by atoms with Crippen molar-refractivity contribution in [1.82, 2.24) is 5.16 Å². The molecule has 0 radical (unpaired) electrons. The largest absolute Gasteiger partial charge is 0.478 e. The normalized spacial score (nSPS) is 10.1. The number of carbonyl (C=O) groups excluding carboxylic acids is 1. The minimum atomic E-state index is -1.33. The highest BCUT2D eigenvalue weighted by Crippen LogP contribution is 2.23. The standard InChI is InChI=1S/C12H9N3O6/c1-6-4-10(21-14-6)11(16)13-9-5-7(15(19)20)2-3-8(9)12(17)18/h2-5H,1H3,(H,13,16)(H,17,18). The molecule has 0 aliphatic carbocycles. The Bertz CT molecular complexity index is 736. The highest BCUT2D eigenvalue weighted by atomic mass is 16.6. The van der Waals surface area contributed by atoms with E-state index in [1.807, 2.05) is 0 Å². The zero-order valence-electron chi connectivity index (χ0n) is 10.7. The molecule has 1 aromatic carbocycles. The number of aromatic carboxylic acids is 1. The van der Waals surface area contributed by atoms with E-state index in [9.17, 15) is 19.7 Å². The Hall–Kier alpha value is -3.23. The number of rotatable bonds is 4. The maximum Gasteiger partial charge on any atom is 0.337 e. The molecule has 0 saturated carbocycles. The van der Waals surface area contributed by atoms with E-state index in [-0.39, 0.29) is 22.7 Å². The molecule has 1 aromatic heterocycles. The maximum absolute atomic E-state index is 11.9. The fourth-order valence-corrected chi connectivity index (χ4v) is 1.59. The van der Waals surface area contributed by atoms with E-state index in [1.54, 1.807) is 6.92 Å². The molecule has 0 aliphatic heterocycles. The highest BCUT2D eigenvalue weighted by Gasteiger charge is 2.19. The summed E-state index contributed by atoms with van der Waals surface area (Å²) in [7, 11) is 0. The van der Waals surface area contributed by atoms with Crippen molar-refractivity contribution in [2.45, 2.75) is 6.92 Å². The number of nitrogens with zero attached hydrogens (tertiary/aromatic N) is 2. The monoisotopic (exact) mass is 291 g/mol. The average molecular weight is 291 g/mol. The Morgan fingerprint density at radius 1 is 1.38 bits per heavy atom. The SMILES string of the molecule is Cc1cc(C(=O)Nc2cc([N+](=O)[O-])ccc2C(=O)O)on1. The van der Waals surface area contributed by atoms with Gasteiger partial charge in [-0.15, -0.1) is 0 Å². The van der Waals surface area contributed by atoms with Gasteiger partial charge in [-0.3, -0.25) is 14.9 Å². The van der Waals surface area contributed by atoms with Crippen LogP contribution in [0.5, 0.6) is 0 Å². The van der Waals surface area contributed by atoms with Gasteiger partial charge in [0, 0.05) is 18.2 Å². The molecule has 0 unspecified atom stereocenters. The van der Waals surface area contributed by atoms with Gasteiger partial charge < -0.3 is 14.9 Å². The van der Waals surface area contributed by atoms with Gasteiger partial charge in [0.1, 0.15) is 0 Å². The predicted molar refractivity (Wildman–Crippen MR) is 69.2 cm³/mol. The molecule has 0 spiro atoms. The fourth-order valence-electron chi connectivity index (χ4n) is 1.59. The molecule has 21 heavy (non-hydrogen) atoms. The van der Waals surface area contributed by atoms with Gasteiger partial charge in [-0.25, -0.2) is 4.79 Å². The second-order valence-electron chi connectivity index (χ2n) is 4.08. The van der Waals surface area contributed by atoms with Crippen molar-refractivity contribution in [3.05, 3.63) is 51.4 Å². The summed E-state index contributed by atoms with van der Waals surface area (Å²) in [4.78, 5) is 33.0. The number of nitro groups is 1. The number of anilines is 1. The van der Waals surface area contributed by atoms with Gasteiger partial charge in [0.25, 0.3) is 11.6 Å². The van der Waals surface area contributed by atoms with Gasteiger partial charge in [-0.05, 0) is 13.0 Å². The lowest BCUT2D eigenvalue weighted by atomic mass is 10.1. The Labute approximate surface area is 117 Å². The number of nitro benzene ring substituents is 1. The lowest BCUT2D eigenvalue weighted by Crippen LogP contribution is -2.14. The van der Waals surface area contributed by atoms with Gasteiger partial charge in [-0.2, -0.15) is 0 Å². The maximum atomic E-state index is 11.9. The first-order valence-electron chi connectivity index (χ1n) is 5.65. The minimum absolute atomic E-state index is 0.129. The molecule has 0 bridgehead atoms. The van der Waals surface area contributed by atoms with E-state index in [4.69, 9.17) is 9.63 Å². The third kappa shape index (κ3) is 3.03. The molecule has 1 heterocycles. The van der Waals surface area contributed by atoms with Gasteiger partial charge in [0.2, 0.25) is 5.76 Å². The van der Waals surface area contributed by atoms with Gasteiger partial charge in [0.05, 0.1) is 21.9 Å². The number of hydrogen-bond acceptors (Lipinski definition) is 6. The predicted octanol–water partition coefficient (Wildman–Crippen LogP) is 1.84. The summed E-state index contributed by atoms with van der Waals surface area (Å²) in [6, 6.07) is 4.40. The van der Waals surface area contributed by atoms with E-state index in [1.165, 1.54) is 6.07 Å². The van der Waals surface area contributed by atoms with Crippen molar-refractivity contribution in [2.24, 2.45) is 0 Å². The molecule has 9 heteroatoms. The Kier molecular flexibility index (Phi) is 3.65. The number of nitrogens with one attached hydrogen (secondary N) is 1. The number of benzene rings is 1. The molecular formula is C12H9N3O6. The highest BCUT2D eigenvalue weighted by molar-refractivity contribution is 6.06. The smallest absolute Gasteiger partial charge is 0.337 e. The number of hydrogen-bond donors (Lipinski definition) is 2. The second-order valence-corrected chi connectivity index (χ2v) is 4.08. The van der Waals surface area contributed by atoms with Crippen LogP contribution in [0.25, 0.3) is 0 Å². The third-order valence-electron chi connectivity index (χ3n) is 2.54. The Morgan fingerprint density at radius 2 is 2.10 bits per heavy atom. The van der Waals surface area contributed by atoms with Crippen LogP contribution in [0.15, 0.2) is 28.8 Å². The van der Waals surface area contributed by atoms with E-state index in [0.29, 0.717) is 5.69 Å². The average Bonchev–Trinajstić information content (AvgIpc) is 2.85. The number of non-ortho nitro benzene ring substituents is 1. The summed E-state index contributed by atoms with van der Waals surface area (Å²) in [6.07, 6.45) is 0. The van der Waals surface area contributed by atoms with Crippen LogP contribution in [0.4, 0.5) is 11.4 Å². The minimum Gasteiger partial charge on any atom is -0.478 e. The zero-order chi connectivity index (χ0) is 15.6. The molecule has 0 fully saturated rings. The van der Waals surface area contributed by atoms with Crippen LogP contribution in [0.2, 0.25) is 0 Å². The number of carboxylic acid groups (broad SMARTS) is 1. The van der Waals surface area contributed by atoms with Crippen LogP contribution < -0.4 is 5.32 Å². The molecule has 2 N–H and O–H groups in total. The van der Waals surface area contributed by atoms with Crippen molar-refractivity contribution < 1.29 is 24.1 Å². The first-order chi connectivity index (χ1) is 9.88. The van der Waals surface area contributed by atoms with Crippen molar-refractivity contribution >= 4 is 23.3 Å². The Balaban J connectivity index is 2.37. The van der Waals surface area contributed by atoms with Crippen LogP contribution >= 0.6 is 0 Å². The quantitative estimate of drug-likeness (QED) is 0.647. The third-order valence-corrected chi connectivity index (χ3v) is 2.54. The number of amides is 1. The number of aryl methyl sites for hydroxylation is 1. The number of aromatic nitrogens is 1. The van der Waals surface area contributed by atoms with Crippen LogP contribution in [-0.4, -0.2) is 27.1 Å². The first-order valence-corrected chi connectivity index (χ1v) is 5.65. The number of carbonyl (C=O) groups is 2. The van der Waals surface area contributed by atoms with E-state index < -0.39 is 16.8 Å². The lowest BCUT2D eigenvalue weighted by Gasteiger charge is -2.06. The van der Waals surface area contributed by atoms with Crippen LogP contribution in [-0.2, 0) is 0 Å². The van der Waals surface area contributed by atoms with Crippen LogP contribution in [0.1, 0.15) is 26.6 Å². The zero-order valence-corrected chi connectivity index (χ0v) is 10.7. The van der Waals surface area contributed by atoms with Gasteiger partial charge in [0.15, 0.2) is 0 Å². The summed E-state index contributed by atoms with van der Waals surface area (Å²) in [5.41, 5.74) is -0.345. The summed E-state index contributed by atoms with van der Waals surface area (Å²) in [6.45, 7) is 1.61. The van der Waals surface area contributed by atoms with E-state index >= 15 is 0 Å². The van der Waals surface area contributed by atoms with Gasteiger partial charge >= 0.3 is 5.97 Å². The van der Waals surface area contributed by atoms with Gasteiger partial charge in [-0.1, -0.05) is 5.16 Å². The fraction of sp³-hybridized carbons (Fsp3) is 0.0833. The van der Waals surface area contributed by atoms with Crippen molar-refractivity contribution in [2.75, 3.05) is 5.32 Å². The second kappa shape index (κ2) is 5.41. The van der Waals surface area contributed by atoms with E-state index in [0.717, 1.165) is 18.2 Å². The number of carboxylic acids is 1. The molecule has 1 amide bonds. The summed E-state index contributed by atoms with van der Waals surface area (Å²) in [5, 5.41) is 25.5. The van der Waals surface area contributed by atoms with Crippen LogP contribution in [0, 0.1) is 17.0 Å². The van der Waals surface area contributed by atoms with Crippen molar-refractivity contribution in [1.29, 1.82) is 0 Å². The first kappa shape index (κ1) is 14.2. The van der Waals surface area contributed by atoms with Crippen molar-refractivity contribution in [3.63, 3.8) is 0 Å². The molecule has 0 atom stereocenters. The summed E-state index contributed by atoms with van der Waals surface area (Å²) in [5.74, 6) is -2.21. The summed E-state index contributed by atoms with van der Waals surface area (Å²) < 4.78 is 4.73. The van der Waals surface area contributed by atoms with Crippen LogP contribution in [0.3, 0.4) is 0 Å². The summed E-state index contributed by atoms with van der Waals surface area (Å²) >= 11 is 0. The van der Waals surface area contributed by atoms with E-state index in [2.05, 4.69) is 10.5 Å². The molecule has 108 valence electrons. The molecule has 0 aliphatic rings. The van der Waals surface area contributed by atoms with Crippen molar-refractivity contribution in [3.8, 4) is 0 Å². The molecule has 2 aromatic rings. The Morgan fingerprint density at radius 3 is 2.62 bits per heavy atom. The molecule has 0 saturated heterocycles.